The molecule has 0 radical (unpaired) electrons. The molecule has 2 aromatic carbocycles. The third-order valence-electron chi connectivity index (χ3n) is 4.49. The number of aryl methyl sites for hydroxylation is 3. The van der Waals surface area contributed by atoms with Crippen molar-refractivity contribution in [3.8, 4) is 0 Å². The highest BCUT2D eigenvalue weighted by Gasteiger charge is 2.13. The van der Waals surface area contributed by atoms with Crippen LogP contribution in [0.1, 0.15) is 11.1 Å². The largest absolute Gasteiger partial charge is 0.327 e. The van der Waals surface area contributed by atoms with Gasteiger partial charge >= 0.3 is 0 Å². The molecular weight excluding hydrogens is 358 g/mol. The minimum atomic E-state index is -0.0885. The van der Waals surface area contributed by atoms with E-state index in [0.29, 0.717) is 5.16 Å². The van der Waals surface area contributed by atoms with Gasteiger partial charge < -0.3 is 9.88 Å². The number of rotatable bonds is 4. The molecule has 0 aliphatic heterocycles. The second-order valence-electron chi connectivity index (χ2n) is 6.50. The smallest absolute Gasteiger partial charge is 0.234 e. The summed E-state index contributed by atoms with van der Waals surface area (Å²) >= 11 is 1.28. The average Bonchev–Trinajstić information content (AvgIpc) is 2.95. The van der Waals surface area contributed by atoms with E-state index in [0.717, 1.165) is 38.9 Å². The van der Waals surface area contributed by atoms with Crippen molar-refractivity contribution in [2.24, 2.45) is 7.05 Å². The van der Waals surface area contributed by atoms with E-state index in [1.165, 1.54) is 11.8 Å². The predicted octanol–water partition coefficient (Wildman–Crippen LogP) is 3.86. The number of hydrogen-bond acceptors (Lipinski definition) is 5. The first-order valence-electron chi connectivity index (χ1n) is 8.60. The normalized spacial score (nSPS) is 11.2. The third kappa shape index (κ3) is 3.38. The lowest BCUT2D eigenvalue weighted by Gasteiger charge is -2.08. The summed E-state index contributed by atoms with van der Waals surface area (Å²) in [5.74, 6) is 0.138. The maximum absolute atomic E-state index is 12.3. The molecule has 2 aromatic heterocycles. The number of amides is 1. The second-order valence-corrected chi connectivity index (χ2v) is 7.44. The molecule has 1 amide bonds. The number of fused-ring (bicyclic) bond motifs is 3. The van der Waals surface area contributed by atoms with Gasteiger partial charge in [0.15, 0.2) is 5.65 Å². The number of nitrogens with zero attached hydrogens (tertiary/aromatic N) is 4. The minimum absolute atomic E-state index is 0.0885. The van der Waals surface area contributed by atoms with Gasteiger partial charge in [-0.15, -0.1) is 10.2 Å². The summed E-state index contributed by atoms with van der Waals surface area (Å²) in [6, 6.07) is 14.0. The first-order valence-corrected chi connectivity index (χ1v) is 9.59. The molecule has 4 rings (SSSR count). The van der Waals surface area contributed by atoms with Crippen molar-refractivity contribution in [1.29, 1.82) is 0 Å². The quantitative estimate of drug-likeness (QED) is 0.547. The van der Waals surface area contributed by atoms with Gasteiger partial charge in [-0.2, -0.15) is 0 Å². The molecule has 2 heterocycles. The fourth-order valence-corrected chi connectivity index (χ4v) is 3.62. The second kappa shape index (κ2) is 7.00. The van der Waals surface area contributed by atoms with Crippen LogP contribution in [0.25, 0.3) is 22.1 Å². The summed E-state index contributed by atoms with van der Waals surface area (Å²) in [5, 5.41) is 13.0. The van der Waals surface area contributed by atoms with E-state index in [1.807, 2.05) is 67.9 Å². The fraction of sp³-hybridized carbons (Fsp3) is 0.200. The summed E-state index contributed by atoms with van der Waals surface area (Å²) in [4.78, 5) is 16.9. The number of para-hydroxylation sites is 1. The highest BCUT2D eigenvalue weighted by molar-refractivity contribution is 7.99. The lowest BCUT2D eigenvalue weighted by molar-refractivity contribution is -0.113. The van der Waals surface area contributed by atoms with E-state index in [4.69, 9.17) is 0 Å². The summed E-state index contributed by atoms with van der Waals surface area (Å²) < 4.78 is 2.00. The van der Waals surface area contributed by atoms with Crippen LogP contribution in [0.5, 0.6) is 0 Å². The van der Waals surface area contributed by atoms with Crippen LogP contribution in [-0.2, 0) is 11.8 Å². The van der Waals surface area contributed by atoms with E-state index in [2.05, 4.69) is 20.5 Å². The van der Waals surface area contributed by atoms with Crippen LogP contribution in [0.3, 0.4) is 0 Å². The number of thioether (sulfide) groups is 1. The number of aromatic nitrogens is 4. The number of carbonyl (C=O) groups is 1. The standard InChI is InChI=1S/C20H19N5OS/c1-12-8-9-13(2)15(10-12)21-17(26)11-27-20-22-19-18(23-24-20)14-6-4-5-7-16(14)25(19)3/h4-10H,11H2,1-3H3,(H,21,26). The molecule has 27 heavy (non-hydrogen) atoms. The summed E-state index contributed by atoms with van der Waals surface area (Å²) in [6.07, 6.45) is 0. The molecule has 1 N–H and O–H groups in total. The number of nitrogens with one attached hydrogen (secondary N) is 1. The number of hydrogen-bond donors (Lipinski definition) is 1. The molecule has 0 fully saturated rings. The van der Waals surface area contributed by atoms with Gasteiger partial charge in [0.2, 0.25) is 11.1 Å². The molecule has 136 valence electrons. The van der Waals surface area contributed by atoms with Gasteiger partial charge in [0.05, 0.1) is 11.3 Å². The molecule has 0 saturated carbocycles. The maximum Gasteiger partial charge on any atom is 0.234 e. The van der Waals surface area contributed by atoms with Crippen molar-refractivity contribution < 1.29 is 4.79 Å². The molecule has 0 aliphatic carbocycles. The first-order chi connectivity index (χ1) is 13.0. The first kappa shape index (κ1) is 17.5. The zero-order valence-electron chi connectivity index (χ0n) is 15.4. The van der Waals surface area contributed by atoms with Crippen LogP contribution < -0.4 is 5.32 Å². The Hall–Kier alpha value is -2.93. The van der Waals surface area contributed by atoms with Gasteiger partial charge in [-0.25, -0.2) is 4.98 Å². The van der Waals surface area contributed by atoms with Crippen LogP contribution in [0.4, 0.5) is 5.69 Å². The van der Waals surface area contributed by atoms with Crippen LogP contribution >= 0.6 is 11.8 Å². The summed E-state index contributed by atoms with van der Waals surface area (Å²) in [6.45, 7) is 3.98. The van der Waals surface area contributed by atoms with Crippen molar-refractivity contribution in [1.82, 2.24) is 19.7 Å². The molecule has 0 spiro atoms. The van der Waals surface area contributed by atoms with E-state index in [1.54, 1.807) is 0 Å². The fourth-order valence-electron chi connectivity index (χ4n) is 3.04. The lowest BCUT2D eigenvalue weighted by Crippen LogP contribution is -2.15. The molecule has 7 heteroatoms. The number of benzene rings is 2. The topological polar surface area (TPSA) is 72.7 Å². The highest BCUT2D eigenvalue weighted by atomic mass is 32.2. The molecule has 0 bridgehead atoms. The zero-order chi connectivity index (χ0) is 19.0. The monoisotopic (exact) mass is 377 g/mol. The van der Waals surface area contributed by atoms with Gasteiger partial charge in [0, 0.05) is 18.1 Å². The van der Waals surface area contributed by atoms with Crippen molar-refractivity contribution in [2.75, 3.05) is 11.1 Å². The average molecular weight is 377 g/mol. The summed E-state index contributed by atoms with van der Waals surface area (Å²) in [5.41, 5.74) is 5.58. The van der Waals surface area contributed by atoms with Crippen LogP contribution in [0, 0.1) is 13.8 Å². The Morgan fingerprint density at radius 2 is 1.96 bits per heavy atom. The van der Waals surface area contributed by atoms with E-state index in [-0.39, 0.29) is 11.7 Å². The predicted molar refractivity (Wildman–Crippen MR) is 109 cm³/mol. The van der Waals surface area contributed by atoms with Gasteiger partial charge in [0.25, 0.3) is 0 Å². The Morgan fingerprint density at radius 1 is 1.15 bits per heavy atom. The third-order valence-corrected chi connectivity index (χ3v) is 5.32. The SMILES string of the molecule is Cc1ccc(C)c(NC(=O)CSc2nnc3c4ccccc4n(C)c3n2)c1. The molecule has 0 atom stereocenters. The highest BCUT2D eigenvalue weighted by Crippen LogP contribution is 2.26. The minimum Gasteiger partial charge on any atom is -0.327 e. The Kier molecular flexibility index (Phi) is 4.53. The van der Waals surface area contributed by atoms with Gasteiger partial charge in [-0.3, -0.25) is 4.79 Å². The molecule has 0 unspecified atom stereocenters. The van der Waals surface area contributed by atoms with Crippen LogP contribution in [0.15, 0.2) is 47.6 Å². The Balaban J connectivity index is 1.52. The Morgan fingerprint density at radius 3 is 2.81 bits per heavy atom. The number of anilines is 1. The van der Waals surface area contributed by atoms with Gasteiger partial charge in [0.1, 0.15) is 5.52 Å². The van der Waals surface area contributed by atoms with Gasteiger partial charge in [-0.05, 0) is 37.1 Å². The van der Waals surface area contributed by atoms with Gasteiger partial charge in [-0.1, -0.05) is 42.1 Å². The molecule has 0 aliphatic rings. The molecule has 6 nitrogen and oxygen atoms in total. The number of carbonyl (C=O) groups excluding carboxylic acids is 1. The van der Waals surface area contributed by atoms with E-state index >= 15 is 0 Å². The molecule has 4 aromatic rings. The van der Waals surface area contributed by atoms with Crippen molar-refractivity contribution >= 4 is 45.4 Å². The molecular formula is C20H19N5OS. The van der Waals surface area contributed by atoms with Crippen LogP contribution in [0.2, 0.25) is 0 Å². The van der Waals surface area contributed by atoms with Crippen LogP contribution in [-0.4, -0.2) is 31.4 Å². The van der Waals surface area contributed by atoms with E-state index in [9.17, 15) is 4.79 Å². The van der Waals surface area contributed by atoms with Crippen molar-refractivity contribution in [2.45, 2.75) is 19.0 Å². The Labute approximate surface area is 161 Å². The Bertz CT molecular complexity index is 1170. The van der Waals surface area contributed by atoms with Crippen molar-refractivity contribution in [3.63, 3.8) is 0 Å². The lowest BCUT2D eigenvalue weighted by atomic mass is 10.1. The van der Waals surface area contributed by atoms with Crippen molar-refractivity contribution in [3.05, 3.63) is 53.6 Å². The maximum atomic E-state index is 12.3. The summed E-state index contributed by atoms with van der Waals surface area (Å²) in [7, 11) is 1.96. The zero-order valence-corrected chi connectivity index (χ0v) is 16.2. The van der Waals surface area contributed by atoms with E-state index < -0.39 is 0 Å². The molecule has 0 saturated heterocycles.